The lowest BCUT2D eigenvalue weighted by molar-refractivity contribution is -0.122. The van der Waals surface area contributed by atoms with E-state index in [0.29, 0.717) is 12.2 Å². The number of hydrogen-bond donors (Lipinski definition) is 2. The Balaban J connectivity index is 1.77. The topological polar surface area (TPSA) is 68.2 Å². The number of phenolic OH excluding ortho intramolecular Hbond substituents is 1. The normalized spacial score (nSPS) is 16.6. The third-order valence-electron chi connectivity index (χ3n) is 5.62. The summed E-state index contributed by atoms with van der Waals surface area (Å²) in [5, 5.41) is 14.4. The van der Waals surface area contributed by atoms with Gasteiger partial charge in [-0.1, -0.05) is 26.0 Å². The molecule has 1 unspecified atom stereocenters. The molecule has 0 aliphatic carbocycles. The van der Waals surface area contributed by atoms with Crippen molar-refractivity contribution in [3.8, 4) is 5.75 Å². The lowest BCUT2D eigenvalue weighted by Gasteiger charge is -2.24. The van der Waals surface area contributed by atoms with Gasteiger partial charge >= 0.3 is 0 Å². The van der Waals surface area contributed by atoms with Gasteiger partial charge in [-0.05, 0) is 67.0 Å². The maximum Gasteiger partial charge on any atom is 0.248 e. The zero-order chi connectivity index (χ0) is 21.8. The maximum absolute atomic E-state index is 12.5. The van der Waals surface area contributed by atoms with Gasteiger partial charge in [-0.15, -0.1) is 0 Å². The summed E-state index contributed by atoms with van der Waals surface area (Å²) in [6.07, 6.45) is 0.532. The highest BCUT2D eigenvalue weighted by molar-refractivity contribution is 6.06. The zero-order valence-corrected chi connectivity index (χ0v) is 18.5. The fourth-order valence-corrected chi connectivity index (χ4v) is 3.62. The van der Waals surface area contributed by atoms with Crippen LogP contribution >= 0.6 is 0 Å². The van der Waals surface area contributed by atoms with Gasteiger partial charge in [0, 0.05) is 32.2 Å². The van der Waals surface area contributed by atoms with Gasteiger partial charge in [0.1, 0.15) is 5.75 Å². The second kappa shape index (κ2) is 9.30. The van der Waals surface area contributed by atoms with Crippen LogP contribution in [-0.4, -0.2) is 55.9 Å². The Morgan fingerprint density at radius 3 is 2.43 bits per heavy atom. The van der Waals surface area contributed by atoms with Crippen LogP contribution in [0.5, 0.6) is 5.75 Å². The Hall–Kier alpha value is -2.86. The number of phenols is 1. The molecule has 0 saturated heterocycles. The number of amides is 1. The molecule has 160 valence electrons. The second-order valence-corrected chi connectivity index (χ2v) is 8.54. The quantitative estimate of drug-likeness (QED) is 0.736. The van der Waals surface area contributed by atoms with Crippen molar-refractivity contribution in [3.63, 3.8) is 0 Å². The van der Waals surface area contributed by atoms with Gasteiger partial charge in [0.05, 0.1) is 11.6 Å². The Morgan fingerprint density at radius 1 is 1.10 bits per heavy atom. The Morgan fingerprint density at radius 2 is 1.80 bits per heavy atom. The molecule has 30 heavy (non-hydrogen) atoms. The van der Waals surface area contributed by atoms with Crippen molar-refractivity contribution in [1.29, 1.82) is 0 Å². The summed E-state index contributed by atoms with van der Waals surface area (Å²) in [6, 6.07) is 13.7. The molecular formula is C24H32N4O2. The molecule has 0 aromatic heterocycles. The Labute approximate surface area is 179 Å². The van der Waals surface area contributed by atoms with Crippen LogP contribution in [0, 0.1) is 0 Å². The number of nitrogens with one attached hydrogen (secondary N) is 1. The third kappa shape index (κ3) is 5.00. The van der Waals surface area contributed by atoms with Crippen molar-refractivity contribution in [2.75, 3.05) is 39.1 Å². The number of hydrazone groups is 1. The molecule has 1 aliphatic rings. The van der Waals surface area contributed by atoms with Gasteiger partial charge in [-0.25, -0.2) is 5.43 Å². The van der Waals surface area contributed by atoms with Crippen LogP contribution in [-0.2, 0) is 4.79 Å². The van der Waals surface area contributed by atoms with E-state index in [1.807, 2.05) is 38.1 Å². The predicted molar refractivity (Wildman–Crippen MR) is 122 cm³/mol. The van der Waals surface area contributed by atoms with Crippen molar-refractivity contribution in [1.82, 2.24) is 10.3 Å². The van der Waals surface area contributed by atoms with Gasteiger partial charge in [-0.2, -0.15) is 5.10 Å². The second-order valence-electron chi connectivity index (χ2n) is 8.54. The van der Waals surface area contributed by atoms with Crippen molar-refractivity contribution >= 4 is 17.3 Å². The number of benzene rings is 2. The number of carbonyl (C=O) groups excluding carboxylic acids is 1. The minimum absolute atomic E-state index is 0.0877. The van der Waals surface area contributed by atoms with Gasteiger partial charge in [-0.3, -0.25) is 4.79 Å². The maximum atomic E-state index is 12.5. The summed E-state index contributed by atoms with van der Waals surface area (Å²) in [5.41, 5.74) is 7.44. The molecule has 0 bridgehead atoms. The van der Waals surface area contributed by atoms with Gasteiger partial charge < -0.3 is 14.9 Å². The van der Waals surface area contributed by atoms with Gasteiger partial charge in [0.25, 0.3) is 0 Å². The van der Waals surface area contributed by atoms with Crippen LogP contribution in [0.3, 0.4) is 0 Å². The Bertz CT molecular complexity index is 919. The predicted octanol–water partition coefficient (Wildman–Crippen LogP) is 3.52. The highest BCUT2D eigenvalue weighted by atomic mass is 16.3. The number of rotatable bonds is 7. The van der Waals surface area contributed by atoms with E-state index < -0.39 is 0 Å². The average molecular weight is 409 g/mol. The minimum atomic E-state index is -0.282. The first kappa shape index (κ1) is 21.8. The number of likely N-dealkylation sites (N-methyl/N-ethyl adjacent to an activating group) is 2. The van der Waals surface area contributed by atoms with Crippen LogP contribution in [0.1, 0.15) is 48.8 Å². The van der Waals surface area contributed by atoms with E-state index in [4.69, 9.17) is 0 Å². The number of aromatic hydroxyl groups is 1. The van der Waals surface area contributed by atoms with Gasteiger partial charge in [0.15, 0.2) is 0 Å². The summed E-state index contributed by atoms with van der Waals surface area (Å²) in [5.74, 6) is 0.126. The van der Waals surface area contributed by atoms with Crippen LogP contribution in [0.15, 0.2) is 47.6 Å². The number of nitrogens with zero attached hydrogens (tertiary/aromatic N) is 3. The van der Waals surface area contributed by atoms with E-state index >= 15 is 0 Å². The number of carbonyl (C=O) groups is 1. The first-order chi connectivity index (χ1) is 14.3. The van der Waals surface area contributed by atoms with E-state index in [-0.39, 0.29) is 17.7 Å². The molecule has 2 aromatic carbocycles. The van der Waals surface area contributed by atoms with Crippen molar-refractivity contribution < 1.29 is 9.90 Å². The highest BCUT2D eigenvalue weighted by Gasteiger charge is 2.27. The molecule has 0 spiro atoms. The zero-order valence-electron chi connectivity index (χ0n) is 18.5. The van der Waals surface area contributed by atoms with E-state index in [0.717, 1.165) is 41.2 Å². The number of hydrogen-bond acceptors (Lipinski definition) is 5. The summed E-state index contributed by atoms with van der Waals surface area (Å²) in [6.45, 7) is 6.01. The average Bonchev–Trinajstić information content (AvgIpc) is 2.72. The molecule has 3 rings (SSSR count). The van der Waals surface area contributed by atoms with E-state index in [9.17, 15) is 9.90 Å². The lowest BCUT2D eigenvalue weighted by Crippen LogP contribution is -2.33. The van der Waals surface area contributed by atoms with Crippen molar-refractivity contribution in [2.45, 2.75) is 32.1 Å². The van der Waals surface area contributed by atoms with Crippen LogP contribution in [0.2, 0.25) is 0 Å². The van der Waals surface area contributed by atoms with Crippen LogP contribution in [0.4, 0.5) is 5.69 Å². The van der Waals surface area contributed by atoms with Gasteiger partial charge in [0.2, 0.25) is 5.91 Å². The SMILES string of the molecule is CC(C)c1cc(C2=NNC(=O)C(c3ccc(N(C)CCN(C)C)cc3)C2)ccc1O. The van der Waals surface area contributed by atoms with Crippen molar-refractivity contribution in [3.05, 3.63) is 59.2 Å². The van der Waals surface area contributed by atoms with E-state index in [1.165, 1.54) is 0 Å². The molecule has 0 saturated carbocycles. The summed E-state index contributed by atoms with van der Waals surface area (Å²) in [4.78, 5) is 16.9. The molecule has 6 heteroatoms. The van der Waals surface area contributed by atoms with Crippen molar-refractivity contribution in [2.24, 2.45) is 5.10 Å². The van der Waals surface area contributed by atoms with E-state index in [1.54, 1.807) is 6.07 Å². The molecule has 2 aromatic rings. The smallest absolute Gasteiger partial charge is 0.248 e. The monoisotopic (exact) mass is 408 g/mol. The fraction of sp³-hybridized carbons (Fsp3) is 0.417. The lowest BCUT2D eigenvalue weighted by atomic mass is 9.88. The highest BCUT2D eigenvalue weighted by Crippen LogP contribution is 2.30. The first-order valence-electron chi connectivity index (χ1n) is 10.4. The third-order valence-corrected chi connectivity index (χ3v) is 5.62. The molecular weight excluding hydrogens is 376 g/mol. The largest absolute Gasteiger partial charge is 0.508 e. The summed E-state index contributed by atoms with van der Waals surface area (Å²) in [7, 11) is 6.21. The number of anilines is 1. The summed E-state index contributed by atoms with van der Waals surface area (Å²) < 4.78 is 0. The molecule has 0 fully saturated rings. The molecule has 2 N–H and O–H groups in total. The fourth-order valence-electron chi connectivity index (χ4n) is 3.62. The molecule has 1 aliphatic heterocycles. The summed E-state index contributed by atoms with van der Waals surface area (Å²) >= 11 is 0. The molecule has 1 heterocycles. The van der Waals surface area contributed by atoms with E-state index in [2.05, 4.69) is 53.6 Å². The molecule has 6 nitrogen and oxygen atoms in total. The van der Waals surface area contributed by atoms with Crippen LogP contribution in [0.25, 0.3) is 0 Å². The molecule has 1 amide bonds. The first-order valence-corrected chi connectivity index (χ1v) is 10.4. The minimum Gasteiger partial charge on any atom is -0.508 e. The standard InChI is InChI=1S/C24H32N4O2/c1-16(2)20-14-18(8-11-23(20)29)22-15-21(24(30)26-25-22)17-6-9-19(10-7-17)28(5)13-12-27(3)4/h6-11,14,16,21,29H,12-13,15H2,1-5H3,(H,26,30). The Kier molecular flexibility index (Phi) is 6.77. The molecule has 0 radical (unpaired) electrons. The van der Waals surface area contributed by atoms with Crippen LogP contribution < -0.4 is 10.3 Å². The molecule has 1 atom stereocenters.